The normalized spacial score (nSPS) is 22.7. The zero-order chi connectivity index (χ0) is 15.5. The van der Waals surface area contributed by atoms with Crippen molar-refractivity contribution in [1.29, 1.82) is 0 Å². The number of nitrogens with two attached hydrogens (primary N) is 1. The van der Waals surface area contributed by atoms with Crippen LogP contribution < -0.4 is 5.73 Å². The van der Waals surface area contributed by atoms with Crippen LogP contribution in [-0.2, 0) is 6.54 Å². The Morgan fingerprint density at radius 2 is 1.73 bits per heavy atom. The van der Waals surface area contributed by atoms with Gasteiger partial charge in [0.2, 0.25) is 0 Å². The lowest BCUT2D eigenvalue weighted by molar-refractivity contribution is 0.181. The second-order valence-electron chi connectivity index (χ2n) is 6.07. The summed E-state index contributed by atoms with van der Waals surface area (Å²) >= 11 is 12.2. The van der Waals surface area contributed by atoms with Crippen LogP contribution in [0.15, 0.2) is 48.5 Å². The molecule has 2 nitrogen and oxygen atoms in total. The number of benzene rings is 2. The first-order valence-corrected chi connectivity index (χ1v) is 8.33. The molecule has 0 aromatic heterocycles. The number of hydrogen-bond acceptors (Lipinski definition) is 2. The summed E-state index contributed by atoms with van der Waals surface area (Å²) in [5.74, 6) is 0.432. The highest BCUT2D eigenvalue weighted by molar-refractivity contribution is 6.30. The summed E-state index contributed by atoms with van der Waals surface area (Å²) in [7, 11) is 0. The van der Waals surface area contributed by atoms with E-state index in [1.165, 1.54) is 11.1 Å². The summed E-state index contributed by atoms with van der Waals surface area (Å²) in [6.45, 7) is 2.80. The molecular formula is C18H20Cl2N2. The van der Waals surface area contributed by atoms with Crippen LogP contribution in [-0.4, -0.2) is 24.0 Å². The Morgan fingerprint density at radius 3 is 2.45 bits per heavy atom. The van der Waals surface area contributed by atoms with E-state index in [-0.39, 0.29) is 6.04 Å². The largest absolute Gasteiger partial charge is 0.327 e. The van der Waals surface area contributed by atoms with Crippen LogP contribution in [0.25, 0.3) is 0 Å². The van der Waals surface area contributed by atoms with Crippen molar-refractivity contribution in [3.63, 3.8) is 0 Å². The summed E-state index contributed by atoms with van der Waals surface area (Å²) in [4.78, 5) is 2.41. The van der Waals surface area contributed by atoms with Crippen LogP contribution in [0.2, 0.25) is 10.0 Å². The number of hydrogen-bond donors (Lipinski definition) is 1. The van der Waals surface area contributed by atoms with E-state index < -0.39 is 0 Å². The van der Waals surface area contributed by atoms with E-state index in [2.05, 4.69) is 23.1 Å². The van der Waals surface area contributed by atoms with Crippen LogP contribution in [0.3, 0.4) is 0 Å². The number of likely N-dealkylation sites (tertiary alicyclic amines) is 1. The third-order valence-corrected chi connectivity index (χ3v) is 4.64. The predicted octanol–water partition coefficient (Wildman–Crippen LogP) is 4.31. The van der Waals surface area contributed by atoms with Crippen molar-refractivity contribution in [1.82, 2.24) is 4.90 Å². The highest BCUT2D eigenvalue weighted by atomic mass is 35.5. The molecule has 2 unspecified atom stereocenters. The second kappa shape index (κ2) is 7.01. The molecule has 22 heavy (non-hydrogen) atoms. The molecule has 1 aliphatic rings. The Morgan fingerprint density at radius 1 is 1.00 bits per heavy atom. The predicted molar refractivity (Wildman–Crippen MR) is 93.5 cm³/mol. The first-order valence-electron chi connectivity index (χ1n) is 7.58. The standard InChI is InChI=1S/C18H20Cl2N2/c19-16-5-1-3-13(7-16)10-22-11-15(9-18(21)12-22)14-4-2-6-17(20)8-14/h1-8,15,18H,9-12,21H2. The van der Waals surface area contributed by atoms with Gasteiger partial charge in [0.15, 0.2) is 0 Å². The van der Waals surface area contributed by atoms with Gasteiger partial charge in [0.1, 0.15) is 0 Å². The van der Waals surface area contributed by atoms with E-state index in [9.17, 15) is 0 Å². The van der Waals surface area contributed by atoms with E-state index in [1.54, 1.807) is 0 Å². The van der Waals surface area contributed by atoms with Crippen molar-refractivity contribution in [2.24, 2.45) is 5.73 Å². The molecule has 4 heteroatoms. The summed E-state index contributed by atoms with van der Waals surface area (Å²) in [5, 5.41) is 1.57. The van der Waals surface area contributed by atoms with Crippen molar-refractivity contribution >= 4 is 23.2 Å². The molecule has 0 saturated carbocycles. The van der Waals surface area contributed by atoms with Crippen molar-refractivity contribution in [3.05, 3.63) is 69.7 Å². The average Bonchev–Trinajstić information content (AvgIpc) is 2.46. The molecule has 0 spiro atoms. The van der Waals surface area contributed by atoms with Crippen LogP contribution in [0, 0.1) is 0 Å². The maximum absolute atomic E-state index is 6.27. The Kier molecular flexibility index (Phi) is 5.04. The number of halogens is 2. The molecule has 0 radical (unpaired) electrons. The lowest BCUT2D eigenvalue weighted by atomic mass is 9.88. The van der Waals surface area contributed by atoms with Crippen molar-refractivity contribution in [2.75, 3.05) is 13.1 Å². The van der Waals surface area contributed by atoms with Crippen LogP contribution >= 0.6 is 23.2 Å². The van der Waals surface area contributed by atoms with Crippen molar-refractivity contribution in [3.8, 4) is 0 Å². The SMILES string of the molecule is NC1CC(c2cccc(Cl)c2)CN(Cc2cccc(Cl)c2)C1. The van der Waals surface area contributed by atoms with Crippen LogP contribution in [0.4, 0.5) is 0 Å². The number of rotatable bonds is 3. The van der Waals surface area contributed by atoms with E-state index in [4.69, 9.17) is 28.9 Å². The molecule has 0 aliphatic carbocycles. The lowest BCUT2D eigenvalue weighted by Gasteiger charge is -2.36. The summed E-state index contributed by atoms with van der Waals surface area (Å²) in [6.07, 6.45) is 1.01. The molecule has 1 fully saturated rings. The molecule has 0 bridgehead atoms. The fourth-order valence-electron chi connectivity index (χ4n) is 3.26. The average molecular weight is 335 g/mol. The minimum absolute atomic E-state index is 0.192. The van der Waals surface area contributed by atoms with Gasteiger partial charge in [-0.2, -0.15) is 0 Å². The molecule has 0 amide bonds. The van der Waals surface area contributed by atoms with Gasteiger partial charge in [-0.15, -0.1) is 0 Å². The van der Waals surface area contributed by atoms with Gasteiger partial charge < -0.3 is 5.73 Å². The van der Waals surface area contributed by atoms with Gasteiger partial charge in [-0.05, 0) is 47.7 Å². The fourth-order valence-corrected chi connectivity index (χ4v) is 3.67. The Bertz CT molecular complexity index is 644. The van der Waals surface area contributed by atoms with Crippen molar-refractivity contribution < 1.29 is 0 Å². The first kappa shape index (κ1) is 15.8. The monoisotopic (exact) mass is 334 g/mol. The molecule has 1 saturated heterocycles. The maximum atomic E-state index is 6.27. The Balaban J connectivity index is 1.73. The van der Waals surface area contributed by atoms with E-state index in [1.807, 2.05) is 30.3 Å². The zero-order valence-electron chi connectivity index (χ0n) is 12.4. The van der Waals surface area contributed by atoms with E-state index >= 15 is 0 Å². The third-order valence-electron chi connectivity index (χ3n) is 4.17. The topological polar surface area (TPSA) is 29.3 Å². The molecule has 2 aromatic carbocycles. The highest BCUT2D eigenvalue weighted by Crippen LogP contribution is 2.29. The Labute approximate surface area is 141 Å². The van der Waals surface area contributed by atoms with E-state index in [0.29, 0.717) is 5.92 Å². The van der Waals surface area contributed by atoms with Gasteiger partial charge in [0.25, 0.3) is 0 Å². The highest BCUT2D eigenvalue weighted by Gasteiger charge is 2.26. The molecule has 2 aromatic rings. The van der Waals surface area contributed by atoms with Gasteiger partial charge in [0, 0.05) is 35.7 Å². The number of nitrogens with zero attached hydrogens (tertiary/aromatic N) is 1. The van der Waals surface area contributed by atoms with Gasteiger partial charge in [0.05, 0.1) is 0 Å². The minimum atomic E-state index is 0.192. The van der Waals surface area contributed by atoms with Crippen molar-refractivity contribution in [2.45, 2.75) is 24.9 Å². The Hall–Kier alpha value is -1.06. The summed E-state index contributed by atoms with van der Waals surface area (Å²) in [6, 6.07) is 16.4. The van der Waals surface area contributed by atoms with Crippen LogP contribution in [0.5, 0.6) is 0 Å². The second-order valence-corrected chi connectivity index (χ2v) is 6.94. The minimum Gasteiger partial charge on any atom is -0.327 e. The van der Waals surface area contributed by atoms with Gasteiger partial charge in [-0.25, -0.2) is 0 Å². The molecular weight excluding hydrogens is 315 g/mol. The molecule has 2 N–H and O–H groups in total. The molecule has 1 heterocycles. The molecule has 2 atom stereocenters. The summed E-state index contributed by atoms with van der Waals surface area (Å²) < 4.78 is 0. The molecule has 116 valence electrons. The maximum Gasteiger partial charge on any atom is 0.0409 e. The van der Waals surface area contributed by atoms with Gasteiger partial charge in [-0.3, -0.25) is 4.90 Å². The molecule has 1 aliphatic heterocycles. The van der Waals surface area contributed by atoms with E-state index in [0.717, 1.165) is 36.1 Å². The smallest absolute Gasteiger partial charge is 0.0409 e. The van der Waals surface area contributed by atoms with Gasteiger partial charge in [-0.1, -0.05) is 47.5 Å². The lowest BCUT2D eigenvalue weighted by Crippen LogP contribution is -2.45. The third kappa shape index (κ3) is 4.02. The fraction of sp³-hybridized carbons (Fsp3) is 0.333. The van der Waals surface area contributed by atoms with Gasteiger partial charge >= 0.3 is 0 Å². The molecule has 3 rings (SSSR count). The zero-order valence-corrected chi connectivity index (χ0v) is 13.9. The quantitative estimate of drug-likeness (QED) is 0.906. The summed E-state index contributed by atoms with van der Waals surface area (Å²) in [5.41, 5.74) is 8.78. The first-order chi connectivity index (χ1) is 10.6. The van der Waals surface area contributed by atoms with Crippen LogP contribution in [0.1, 0.15) is 23.5 Å². The number of piperidine rings is 1.